The summed E-state index contributed by atoms with van der Waals surface area (Å²) in [4.78, 5) is 0.0256. The van der Waals surface area contributed by atoms with Gasteiger partial charge in [0, 0.05) is 9.77 Å². The van der Waals surface area contributed by atoms with Crippen LogP contribution in [-0.2, 0) is 10.0 Å². The predicted octanol–water partition coefficient (Wildman–Crippen LogP) is 1.95. The summed E-state index contributed by atoms with van der Waals surface area (Å²) in [6, 6.07) is 3.80. The van der Waals surface area contributed by atoms with Gasteiger partial charge in [-0.3, -0.25) is 9.82 Å². The lowest BCUT2D eigenvalue weighted by atomic mass is 10.3. The Kier molecular flexibility index (Phi) is 3.33. The third-order valence-electron chi connectivity index (χ3n) is 1.96. The summed E-state index contributed by atoms with van der Waals surface area (Å²) >= 11 is 1.85. The van der Waals surface area contributed by atoms with E-state index in [4.69, 9.17) is 0 Å². The molecule has 0 spiro atoms. The predicted molar refractivity (Wildman–Crippen MR) is 68.5 cm³/mol. The van der Waals surface area contributed by atoms with E-state index < -0.39 is 15.8 Å². The van der Waals surface area contributed by atoms with Crippen LogP contribution < -0.4 is 4.72 Å². The van der Waals surface area contributed by atoms with E-state index in [2.05, 4.69) is 14.9 Å². The fraction of sp³-hybridized carbons (Fsp3) is 0. The molecule has 0 unspecified atom stereocenters. The molecule has 0 radical (unpaired) electrons. The lowest BCUT2D eigenvalue weighted by Gasteiger charge is -2.07. The number of hydrogen-bond donors (Lipinski definition) is 2. The molecule has 90 valence electrons. The maximum absolute atomic E-state index is 12.9. The first-order valence-electron chi connectivity index (χ1n) is 4.46. The minimum atomic E-state index is -3.68. The zero-order valence-electron chi connectivity index (χ0n) is 8.31. The second-order valence-electron chi connectivity index (χ2n) is 3.16. The molecular formula is C9H7FIN3O2S. The minimum absolute atomic E-state index is 0.0256. The maximum atomic E-state index is 12.9. The Hall–Kier alpha value is -1.16. The zero-order valence-corrected chi connectivity index (χ0v) is 11.3. The molecule has 0 aliphatic heterocycles. The molecule has 8 heteroatoms. The molecule has 2 N–H and O–H groups in total. The summed E-state index contributed by atoms with van der Waals surface area (Å²) in [5.41, 5.74) is 0.327. The van der Waals surface area contributed by atoms with E-state index in [0.29, 0.717) is 9.26 Å². The van der Waals surface area contributed by atoms with Crippen LogP contribution in [0.5, 0.6) is 0 Å². The van der Waals surface area contributed by atoms with E-state index in [1.54, 1.807) is 0 Å². The van der Waals surface area contributed by atoms with Gasteiger partial charge in [-0.1, -0.05) is 0 Å². The summed E-state index contributed by atoms with van der Waals surface area (Å²) in [6.45, 7) is 0. The lowest BCUT2D eigenvalue weighted by Crippen LogP contribution is -2.13. The van der Waals surface area contributed by atoms with Crippen molar-refractivity contribution in [3.05, 3.63) is 40.0 Å². The lowest BCUT2D eigenvalue weighted by molar-refractivity contribution is 0.601. The number of nitrogens with zero attached hydrogens (tertiary/aromatic N) is 1. The third-order valence-corrected chi connectivity index (χ3v) is 4.18. The largest absolute Gasteiger partial charge is 0.284 e. The number of halogens is 2. The van der Waals surface area contributed by atoms with Crippen molar-refractivity contribution >= 4 is 38.3 Å². The number of aromatic amines is 1. The topological polar surface area (TPSA) is 74.8 Å². The van der Waals surface area contributed by atoms with Gasteiger partial charge in [-0.25, -0.2) is 12.8 Å². The van der Waals surface area contributed by atoms with Crippen molar-refractivity contribution in [2.45, 2.75) is 4.90 Å². The number of benzene rings is 1. The van der Waals surface area contributed by atoms with Gasteiger partial charge in [0.1, 0.15) is 10.7 Å². The van der Waals surface area contributed by atoms with Crippen molar-refractivity contribution in [2.24, 2.45) is 0 Å². The Bertz CT molecular complexity index is 628. The molecule has 17 heavy (non-hydrogen) atoms. The quantitative estimate of drug-likeness (QED) is 0.815. The molecule has 1 heterocycles. The number of anilines is 1. The van der Waals surface area contributed by atoms with E-state index in [1.807, 2.05) is 22.6 Å². The average Bonchev–Trinajstić information content (AvgIpc) is 2.76. The Morgan fingerprint density at radius 2 is 2.18 bits per heavy atom. The number of hydrogen-bond acceptors (Lipinski definition) is 3. The molecule has 0 atom stereocenters. The van der Waals surface area contributed by atoms with Gasteiger partial charge in [0.15, 0.2) is 0 Å². The summed E-state index contributed by atoms with van der Waals surface area (Å²) in [5.74, 6) is -0.416. The first-order valence-corrected chi connectivity index (χ1v) is 7.02. The van der Waals surface area contributed by atoms with E-state index in [1.165, 1.54) is 30.6 Å². The maximum Gasteiger partial charge on any atom is 0.265 e. The van der Waals surface area contributed by atoms with Crippen LogP contribution in [0.4, 0.5) is 10.1 Å². The smallest absolute Gasteiger partial charge is 0.265 e. The Labute approximate surface area is 111 Å². The van der Waals surface area contributed by atoms with Crippen LogP contribution in [0.25, 0.3) is 0 Å². The summed E-state index contributed by atoms with van der Waals surface area (Å²) < 4.78 is 39.4. The summed E-state index contributed by atoms with van der Waals surface area (Å²) in [5, 5.41) is 5.97. The summed E-state index contributed by atoms with van der Waals surface area (Å²) in [6.07, 6.45) is 2.46. The van der Waals surface area contributed by atoms with Crippen molar-refractivity contribution in [1.29, 1.82) is 0 Å². The minimum Gasteiger partial charge on any atom is -0.284 e. The van der Waals surface area contributed by atoms with Gasteiger partial charge in [-0.05, 0) is 40.8 Å². The molecule has 0 bridgehead atoms. The standard InChI is InChI=1S/C9H7FIN3O2S/c10-6-1-2-9(8(11)3-6)14-17(15,16)7-4-12-13-5-7/h1-5,14H,(H,12,13). The van der Waals surface area contributed by atoms with Gasteiger partial charge in [0.05, 0.1) is 11.9 Å². The van der Waals surface area contributed by atoms with Crippen molar-refractivity contribution < 1.29 is 12.8 Å². The van der Waals surface area contributed by atoms with Crippen LogP contribution in [0.1, 0.15) is 0 Å². The molecule has 0 aliphatic carbocycles. The van der Waals surface area contributed by atoms with E-state index in [0.717, 1.165) is 0 Å². The van der Waals surface area contributed by atoms with Crippen LogP contribution in [0.15, 0.2) is 35.5 Å². The van der Waals surface area contributed by atoms with Gasteiger partial charge in [0.2, 0.25) is 0 Å². The fourth-order valence-corrected chi connectivity index (χ4v) is 2.94. The third kappa shape index (κ3) is 2.75. The molecular weight excluding hydrogens is 360 g/mol. The number of sulfonamides is 1. The molecule has 2 aromatic rings. The van der Waals surface area contributed by atoms with Crippen LogP contribution in [0, 0.1) is 9.39 Å². The molecule has 0 amide bonds. The number of H-pyrrole nitrogens is 1. The molecule has 2 rings (SSSR count). The van der Waals surface area contributed by atoms with Crippen LogP contribution in [0.3, 0.4) is 0 Å². The van der Waals surface area contributed by atoms with E-state index >= 15 is 0 Å². The second-order valence-corrected chi connectivity index (χ2v) is 6.01. The number of nitrogens with one attached hydrogen (secondary N) is 2. The van der Waals surface area contributed by atoms with Crippen molar-refractivity contribution in [2.75, 3.05) is 4.72 Å². The van der Waals surface area contributed by atoms with Crippen molar-refractivity contribution in [1.82, 2.24) is 10.2 Å². The van der Waals surface area contributed by atoms with Gasteiger partial charge < -0.3 is 0 Å². The highest BCUT2D eigenvalue weighted by Crippen LogP contribution is 2.22. The zero-order chi connectivity index (χ0) is 12.5. The summed E-state index contributed by atoms with van der Waals surface area (Å²) in [7, 11) is -3.68. The number of aromatic nitrogens is 2. The van der Waals surface area contributed by atoms with Crippen LogP contribution in [0.2, 0.25) is 0 Å². The first-order chi connectivity index (χ1) is 7.99. The highest BCUT2D eigenvalue weighted by atomic mass is 127. The van der Waals surface area contributed by atoms with Gasteiger partial charge in [-0.15, -0.1) is 0 Å². The molecule has 0 saturated carbocycles. The number of rotatable bonds is 3. The Balaban J connectivity index is 2.33. The van der Waals surface area contributed by atoms with Crippen LogP contribution in [-0.4, -0.2) is 18.6 Å². The monoisotopic (exact) mass is 367 g/mol. The van der Waals surface area contributed by atoms with Gasteiger partial charge in [-0.2, -0.15) is 5.10 Å². The van der Waals surface area contributed by atoms with E-state index in [9.17, 15) is 12.8 Å². The molecule has 0 aliphatic rings. The molecule has 1 aromatic carbocycles. The molecule has 5 nitrogen and oxygen atoms in total. The molecule has 0 saturated heterocycles. The van der Waals surface area contributed by atoms with E-state index in [-0.39, 0.29) is 4.90 Å². The highest BCUT2D eigenvalue weighted by Gasteiger charge is 2.16. The molecule has 1 aromatic heterocycles. The Morgan fingerprint density at radius 3 is 2.76 bits per heavy atom. The Morgan fingerprint density at radius 1 is 1.41 bits per heavy atom. The second kappa shape index (κ2) is 4.61. The average molecular weight is 367 g/mol. The van der Waals surface area contributed by atoms with Gasteiger partial charge >= 0.3 is 0 Å². The van der Waals surface area contributed by atoms with Crippen molar-refractivity contribution in [3.8, 4) is 0 Å². The SMILES string of the molecule is O=S(=O)(Nc1ccc(F)cc1I)c1cn[nH]c1. The van der Waals surface area contributed by atoms with Crippen molar-refractivity contribution in [3.63, 3.8) is 0 Å². The highest BCUT2D eigenvalue weighted by molar-refractivity contribution is 14.1. The normalized spacial score (nSPS) is 11.4. The molecule has 0 fully saturated rings. The fourth-order valence-electron chi connectivity index (χ4n) is 1.16. The van der Waals surface area contributed by atoms with Gasteiger partial charge in [0.25, 0.3) is 10.0 Å². The first kappa shape index (κ1) is 12.3. The van der Waals surface area contributed by atoms with Crippen LogP contribution >= 0.6 is 22.6 Å².